The molecule has 0 unspecified atom stereocenters. The van der Waals surface area contributed by atoms with E-state index in [1.54, 1.807) is 0 Å². The molecule has 5 nitrogen and oxygen atoms in total. The van der Waals surface area contributed by atoms with Crippen LogP contribution < -0.4 is 10.1 Å². The zero-order valence-corrected chi connectivity index (χ0v) is 18.6. The highest BCUT2D eigenvalue weighted by atomic mass is 16.5. The summed E-state index contributed by atoms with van der Waals surface area (Å²) in [6.07, 6.45) is 5.89. The van der Waals surface area contributed by atoms with E-state index in [-0.39, 0.29) is 11.3 Å². The van der Waals surface area contributed by atoms with Crippen LogP contribution in [0.4, 0.5) is 0 Å². The molecule has 1 saturated heterocycles. The molecule has 0 aromatic heterocycles. The molecule has 1 aromatic carbocycles. The van der Waals surface area contributed by atoms with Crippen molar-refractivity contribution in [1.29, 1.82) is 5.26 Å². The van der Waals surface area contributed by atoms with Gasteiger partial charge < -0.3 is 15.0 Å². The Balaban J connectivity index is 1.25. The lowest BCUT2D eigenvalue weighted by molar-refractivity contribution is -0.129. The summed E-state index contributed by atoms with van der Waals surface area (Å²) in [6.45, 7) is 10.0. The molecule has 0 spiro atoms. The second kappa shape index (κ2) is 8.59. The van der Waals surface area contributed by atoms with Crippen molar-refractivity contribution in [2.24, 2.45) is 17.3 Å². The predicted molar refractivity (Wildman–Crippen MR) is 117 cm³/mol. The topological polar surface area (TPSA) is 65.4 Å². The Morgan fingerprint density at radius 1 is 1.23 bits per heavy atom. The molecule has 0 bridgehead atoms. The maximum Gasteiger partial charge on any atom is 0.225 e. The van der Waals surface area contributed by atoms with Gasteiger partial charge in [-0.1, -0.05) is 20.8 Å². The lowest BCUT2D eigenvalue weighted by atomic mass is 9.83. The molecule has 1 N–H and O–H groups in total. The SMILES string of the molecule is CC(C)(C)C(=O)NC1CCC(CCN2C[C@H]3COc4ccc(C#N)cc4[C@@H]3C2)CC1. The highest BCUT2D eigenvalue weighted by Crippen LogP contribution is 2.42. The number of hydrogen-bond acceptors (Lipinski definition) is 4. The van der Waals surface area contributed by atoms with E-state index >= 15 is 0 Å². The van der Waals surface area contributed by atoms with E-state index in [9.17, 15) is 10.1 Å². The molecule has 2 atom stereocenters. The number of benzene rings is 1. The molecule has 2 fully saturated rings. The van der Waals surface area contributed by atoms with E-state index < -0.39 is 0 Å². The maximum absolute atomic E-state index is 12.2. The highest BCUT2D eigenvalue weighted by molar-refractivity contribution is 5.81. The number of nitrogens with zero attached hydrogens (tertiary/aromatic N) is 2. The molecule has 30 heavy (non-hydrogen) atoms. The molecular formula is C25H35N3O2. The second-order valence-electron chi connectivity index (χ2n) is 10.5. The van der Waals surface area contributed by atoms with Gasteiger partial charge >= 0.3 is 0 Å². The summed E-state index contributed by atoms with van der Waals surface area (Å²) < 4.78 is 5.98. The van der Waals surface area contributed by atoms with E-state index in [1.807, 2.05) is 39.0 Å². The van der Waals surface area contributed by atoms with Gasteiger partial charge in [-0.15, -0.1) is 0 Å². The van der Waals surface area contributed by atoms with Crippen molar-refractivity contribution in [3.05, 3.63) is 29.3 Å². The zero-order chi connectivity index (χ0) is 21.3. The molecular weight excluding hydrogens is 374 g/mol. The maximum atomic E-state index is 12.2. The van der Waals surface area contributed by atoms with Crippen LogP contribution in [0.5, 0.6) is 5.75 Å². The summed E-state index contributed by atoms with van der Waals surface area (Å²) in [5.74, 6) is 2.93. The van der Waals surface area contributed by atoms with Crippen molar-refractivity contribution >= 4 is 5.91 Å². The van der Waals surface area contributed by atoms with Gasteiger partial charge in [0, 0.05) is 41.9 Å². The van der Waals surface area contributed by atoms with E-state index in [1.165, 1.54) is 24.8 Å². The Kier molecular flexibility index (Phi) is 6.06. The van der Waals surface area contributed by atoms with E-state index in [0.717, 1.165) is 56.3 Å². The van der Waals surface area contributed by atoms with Gasteiger partial charge in [-0.25, -0.2) is 0 Å². The summed E-state index contributed by atoms with van der Waals surface area (Å²) in [5.41, 5.74) is 1.65. The van der Waals surface area contributed by atoms with E-state index in [2.05, 4.69) is 16.3 Å². The molecule has 2 aliphatic heterocycles. The van der Waals surface area contributed by atoms with Crippen molar-refractivity contribution in [3.63, 3.8) is 0 Å². The average Bonchev–Trinajstić information content (AvgIpc) is 3.16. The standard InChI is InChI=1S/C25H35N3O2/c1-25(2,3)24(29)27-20-7-4-17(5-8-20)10-11-28-14-19-16-30-23-9-6-18(13-26)12-21(23)22(19)15-28/h6,9,12,17,19-20,22H,4-5,7-8,10-11,14-16H2,1-3H3,(H,27,29)/t17?,19-,20?,22+/m0/s1. The second-order valence-corrected chi connectivity index (χ2v) is 10.5. The fourth-order valence-corrected chi connectivity index (χ4v) is 5.26. The van der Waals surface area contributed by atoms with Gasteiger partial charge in [0.15, 0.2) is 0 Å². The minimum Gasteiger partial charge on any atom is -0.493 e. The molecule has 162 valence electrons. The molecule has 0 radical (unpaired) electrons. The number of hydrogen-bond donors (Lipinski definition) is 1. The van der Waals surface area contributed by atoms with Crippen LogP contribution in [0.1, 0.15) is 69.9 Å². The van der Waals surface area contributed by atoms with E-state index in [4.69, 9.17) is 4.74 Å². The number of nitrogens with one attached hydrogen (secondary N) is 1. The number of amides is 1. The van der Waals surface area contributed by atoms with Crippen LogP contribution in [0.3, 0.4) is 0 Å². The molecule has 4 rings (SSSR count). The van der Waals surface area contributed by atoms with E-state index in [0.29, 0.717) is 17.9 Å². The predicted octanol–water partition coefficient (Wildman–Crippen LogP) is 4.08. The van der Waals surface area contributed by atoms with Crippen molar-refractivity contribution in [2.75, 3.05) is 26.2 Å². The molecule has 5 heteroatoms. The minimum atomic E-state index is -0.306. The van der Waals surface area contributed by atoms with Crippen LogP contribution in [0, 0.1) is 28.6 Å². The fourth-order valence-electron chi connectivity index (χ4n) is 5.26. The van der Waals surface area contributed by atoms with Crippen molar-refractivity contribution in [2.45, 2.75) is 64.8 Å². The number of ether oxygens (including phenoxy) is 1. The van der Waals surface area contributed by atoms with Crippen LogP contribution in [-0.2, 0) is 4.79 Å². The monoisotopic (exact) mass is 409 g/mol. The van der Waals surface area contributed by atoms with Crippen LogP contribution in [0.2, 0.25) is 0 Å². The third kappa shape index (κ3) is 4.64. The number of likely N-dealkylation sites (tertiary alicyclic amines) is 1. The first-order valence-electron chi connectivity index (χ1n) is 11.5. The fraction of sp³-hybridized carbons (Fsp3) is 0.680. The Bertz CT molecular complexity index is 815. The first-order chi connectivity index (χ1) is 14.3. The molecule has 1 amide bonds. The summed E-state index contributed by atoms with van der Waals surface area (Å²) in [6, 6.07) is 8.46. The highest BCUT2D eigenvalue weighted by Gasteiger charge is 2.39. The van der Waals surface area contributed by atoms with Gasteiger partial charge in [0.2, 0.25) is 5.91 Å². The number of carbonyl (C=O) groups excluding carboxylic acids is 1. The smallest absolute Gasteiger partial charge is 0.225 e. The van der Waals surface area contributed by atoms with Gasteiger partial charge in [-0.2, -0.15) is 5.26 Å². The summed E-state index contributed by atoms with van der Waals surface area (Å²) in [7, 11) is 0. The summed E-state index contributed by atoms with van der Waals surface area (Å²) in [5, 5.41) is 12.5. The van der Waals surface area contributed by atoms with Crippen molar-refractivity contribution in [1.82, 2.24) is 10.2 Å². The van der Waals surface area contributed by atoms with Gasteiger partial charge in [0.05, 0.1) is 18.2 Å². The molecule has 1 aliphatic carbocycles. The average molecular weight is 410 g/mol. The lowest BCUT2D eigenvalue weighted by Crippen LogP contribution is -2.43. The first kappa shape index (κ1) is 21.2. The zero-order valence-electron chi connectivity index (χ0n) is 18.6. The third-order valence-electron chi connectivity index (χ3n) is 7.22. The number of carbonyl (C=O) groups is 1. The summed E-state index contributed by atoms with van der Waals surface area (Å²) >= 11 is 0. The Morgan fingerprint density at radius 3 is 2.70 bits per heavy atom. The van der Waals surface area contributed by atoms with Crippen molar-refractivity contribution < 1.29 is 9.53 Å². The Morgan fingerprint density at radius 2 is 2.00 bits per heavy atom. The van der Waals surface area contributed by atoms with Crippen LogP contribution >= 0.6 is 0 Å². The van der Waals surface area contributed by atoms with Crippen LogP contribution in [0.25, 0.3) is 0 Å². The van der Waals surface area contributed by atoms with Crippen LogP contribution in [0.15, 0.2) is 18.2 Å². The number of rotatable bonds is 4. The van der Waals surface area contributed by atoms with Gasteiger partial charge in [0.1, 0.15) is 5.75 Å². The van der Waals surface area contributed by atoms with Gasteiger partial charge in [-0.05, 0) is 62.8 Å². The van der Waals surface area contributed by atoms with Crippen LogP contribution in [-0.4, -0.2) is 43.1 Å². The summed E-state index contributed by atoms with van der Waals surface area (Å²) in [4.78, 5) is 14.8. The number of nitriles is 1. The molecule has 1 saturated carbocycles. The molecule has 1 aromatic rings. The Hall–Kier alpha value is -2.06. The van der Waals surface area contributed by atoms with Crippen molar-refractivity contribution in [3.8, 4) is 11.8 Å². The first-order valence-corrected chi connectivity index (χ1v) is 11.5. The third-order valence-corrected chi connectivity index (χ3v) is 7.22. The normalized spacial score (nSPS) is 28.7. The minimum absolute atomic E-state index is 0.174. The lowest BCUT2D eigenvalue weighted by Gasteiger charge is -2.32. The quantitative estimate of drug-likeness (QED) is 0.814. The number of fused-ring (bicyclic) bond motifs is 3. The van der Waals surface area contributed by atoms with Gasteiger partial charge in [-0.3, -0.25) is 4.79 Å². The molecule has 3 aliphatic rings. The Labute approximate surface area is 180 Å². The largest absolute Gasteiger partial charge is 0.493 e. The van der Waals surface area contributed by atoms with Gasteiger partial charge in [0.25, 0.3) is 0 Å². The molecule has 2 heterocycles.